The van der Waals surface area contributed by atoms with Crippen LogP contribution in [0.2, 0.25) is 0 Å². The summed E-state index contributed by atoms with van der Waals surface area (Å²) in [6.45, 7) is 6.93. The lowest BCUT2D eigenvalue weighted by atomic mass is 10.2. The Hall–Kier alpha value is -0.610. The Morgan fingerprint density at radius 1 is 1.64 bits per heavy atom. The summed E-state index contributed by atoms with van der Waals surface area (Å²) in [5.74, 6) is 0.484. The molecule has 1 heterocycles. The van der Waals surface area contributed by atoms with Gasteiger partial charge < -0.3 is 15.4 Å². The normalized spacial score (nSPS) is 21.5. The minimum Gasteiger partial charge on any atom is -0.367 e. The molecular formula is C10H20N2O2. The third-order valence-corrected chi connectivity index (χ3v) is 2.17. The van der Waals surface area contributed by atoms with Crippen LogP contribution in [0.1, 0.15) is 20.3 Å². The second-order valence-corrected chi connectivity index (χ2v) is 4.12. The molecule has 0 saturated carbocycles. The Morgan fingerprint density at radius 2 is 2.43 bits per heavy atom. The molecule has 0 bridgehead atoms. The average Bonchev–Trinajstić information content (AvgIpc) is 2.63. The van der Waals surface area contributed by atoms with Gasteiger partial charge in [-0.1, -0.05) is 13.8 Å². The van der Waals surface area contributed by atoms with Crippen LogP contribution in [-0.2, 0) is 9.53 Å². The first-order chi connectivity index (χ1) is 6.68. The van der Waals surface area contributed by atoms with Gasteiger partial charge in [0.05, 0.1) is 6.10 Å². The zero-order valence-electron chi connectivity index (χ0n) is 9.01. The Labute approximate surface area is 85.4 Å². The van der Waals surface area contributed by atoms with Crippen LogP contribution in [0.5, 0.6) is 0 Å². The zero-order chi connectivity index (χ0) is 10.4. The molecule has 1 fully saturated rings. The highest BCUT2D eigenvalue weighted by Gasteiger charge is 2.15. The number of hydrogen-bond donors (Lipinski definition) is 2. The maximum absolute atomic E-state index is 11.2. The van der Waals surface area contributed by atoms with Crippen molar-refractivity contribution < 1.29 is 9.53 Å². The van der Waals surface area contributed by atoms with E-state index in [2.05, 4.69) is 24.5 Å². The molecule has 0 aromatic carbocycles. The van der Waals surface area contributed by atoms with Crippen LogP contribution in [0.3, 0.4) is 0 Å². The van der Waals surface area contributed by atoms with Crippen LogP contribution in [0.25, 0.3) is 0 Å². The summed E-state index contributed by atoms with van der Waals surface area (Å²) in [6, 6.07) is 0. The maximum Gasteiger partial charge on any atom is 0.246 e. The third kappa shape index (κ3) is 4.58. The van der Waals surface area contributed by atoms with E-state index in [0.29, 0.717) is 5.92 Å². The molecule has 1 amide bonds. The van der Waals surface area contributed by atoms with Gasteiger partial charge in [0.1, 0.15) is 6.61 Å². The number of ether oxygens (including phenoxy) is 1. The van der Waals surface area contributed by atoms with Gasteiger partial charge in [-0.15, -0.1) is 0 Å². The molecule has 82 valence electrons. The van der Waals surface area contributed by atoms with Crippen molar-refractivity contribution in [2.45, 2.75) is 26.4 Å². The van der Waals surface area contributed by atoms with E-state index in [-0.39, 0.29) is 18.6 Å². The summed E-state index contributed by atoms with van der Waals surface area (Å²) in [5, 5.41) is 6.01. The van der Waals surface area contributed by atoms with Gasteiger partial charge in [-0.05, 0) is 18.9 Å². The topological polar surface area (TPSA) is 50.4 Å². The molecule has 1 aliphatic rings. The maximum atomic E-state index is 11.2. The van der Waals surface area contributed by atoms with E-state index in [4.69, 9.17) is 4.74 Å². The van der Waals surface area contributed by atoms with Crippen molar-refractivity contribution in [2.75, 3.05) is 26.2 Å². The monoisotopic (exact) mass is 200 g/mol. The second-order valence-electron chi connectivity index (χ2n) is 4.12. The van der Waals surface area contributed by atoms with E-state index in [9.17, 15) is 4.79 Å². The molecule has 0 radical (unpaired) electrons. The predicted octanol–water partition coefficient (Wildman–Crippen LogP) is 0.137. The number of carbonyl (C=O) groups excluding carboxylic acids is 1. The number of amides is 1. The molecule has 0 aliphatic carbocycles. The molecule has 14 heavy (non-hydrogen) atoms. The predicted molar refractivity (Wildman–Crippen MR) is 55.1 cm³/mol. The quantitative estimate of drug-likeness (QED) is 0.663. The average molecular weight is 200 g/mol. The summed E-state index contributed by atoms with van der Waals surface area (Å²) >= 11 is 0. The van der Waals surface area contributed by atoms with Gasteiger partial charge in [0, 0.05) is 13.1 Å². The number of carbonyl (C=O) groups is 1. The van der Waals surface area contributed by atoms with Crippen LogP contribution >= 0.6 is 0 Å². The third-order valence-electron chi connectivity index (χ3n) is 2.17. The summed E-state index contributed by atoms with van der Waals surface area (Å²) in [7, 11) is 0. The Morgan fingerprint density at radius 3 is 3.00 bits per heavy atom. The van der Waals surface area contributed by atoms with E-state index in [0.717, 1.165) is 26.1 Å². The van der Waals surface area contributed by atoms with Crippen molar-refractivity contribution in [3.63, 3.8) is 0 Å². The Balaban J connectivity index is 2.02. The lowest BCUT2D eigenvalue weighted by molar-refractivity contribution is -0.127. The van der Waals surface area contributed by atoms with Gasteiger partial charge >= 0.3 is 0 Å². The fourth-order valence-electron chi connectivity index (χ4n) is 1.33. The van der Waals surface area contributed by atoms with Crippen molar-refractivity contribution in [2.24, 2.45) is 5.92 Å². The second kappa shape index (κ2) is 5.98. The molecule has 4 heteroatoms. The minimum absolute atomic E-state index is 0.00870. The molecule has 1 saturated heterocycles. The van der Waals surface area contributed by atoms with Crippen molar-refractivity contribution in [1.29, 1.82) is 0 Å². The highest BCUT2D eigenvalue weighted by molar-refractivity contribution is 5.77. The minimum atomic E-state index is -0.00870. The van der Waals surface area contributed by atoms with Crippen LogP contribution in [0.4, 0.5) is 0 Å². The first-order valence-electron chi connectivity index (χ1n) is 5.27. The SMILES string of the molecule is CC(C)CNC(=O)COC1CCNC1. The fraction of sp³-hybridized carbons (Fsp3) is 0.900. The summed E-state index contributed by atoms with van der Waals surface area (Å²) in [6.07, 6.45) is 1.23. The summed E-state index contributed by atoms with van der Waals surface area (Å²) in [5.41, 5.74) is 0. The molecule has 1 aliphatic heterocycles. The lowest BCUT2D eigenvalue weighted by Gasteiger charge is -2.11. The van der Waals surface area contributed by atoms with Gasteiger partial charge in [-0.3, -0.25) is 4.79 Å². The Bertz CT molecular complexity index is 177. The highest BCUT2D eigenvalue weighted by atomic mass is 16.5. The molecule has 4 nitrogen and oxygen atoms in total. The van der Waals surface area contributed by atoms with Crippen molar-refractivity contribution in [3.8, 4) is 0 Å². The van der Waals surface area contributed by atoms with Gasteiger partial charge in [0.25, 0.3) is 0 Å². The van der Waals surface area contributed by atoms with Crippen LogP contribution in [0.15, 0.2) is 0 Å². The Kier molecular flexibility index (Phi) is 4.90. The molecule has 2 N–H and O–H groups in total. The zero-order valence-corrected chi connectivity index (χ0v) is 9.01. The largest absolute Gasteiger partial charge is 0.367 e. The molecule has 1 rings (SSSR count). The van der Waals surface area contributed by atoms with Gasteiger partial charge in [0.2, 0.25) is 5.91 Å². The van der Waals surface area contributed by atoms with Crippen LogP contribution in [0, 0.1) is 5.92 Å². The molecule has 1 unspecified atom stereocenters. The van der Waals surface area contributed by atoms with Gasteiger partial charge in [-0.2, -0.15) is 0 Å². The summed E-state index contributed by atoms with van der Waals surface area (Å²) in [4.78, 5) is 11.2. The first-order valence-corrected chi connectivity index (χ1v) is 5.27. The molecule has 1 atom stereocenters. The first kappa shape index (κ1) is 11.5. The lowest BCUT2D eigenvalue weighted by Crippen LogP contribution is -2.32. The molecule has 0 aromatic rings. The van der Waals surface area contributed by atoms with Crippen molar-refractivity contribution in [1.82, 2.24) is 10.6 Å². The summed E-state index contributed by atoms with van der Waals surface area (Å²) < 4.78 is 5.42. The van der Waals surface area contributed by atoms with E-state index < -0.39 is 0 Å². The fourth-order valence-corrected chi connectivity index (χ4v) is 1.33. The van der Waals surface area contributed by atoms with Gasteiger partial charge in [-0.25, -0.2) is 0 Å². The number of nitrogens with one attached hydrogen (secondary N) is 2. The molecule has 0 spiro atoms. The van der Waals surface area contributed by atoms with Crippen molar-refractivity contribution in [3.05, 3.63) is 0 Å². The number of hydrogen-bond acceptors (Lipinski definition) is 3. The highest BCUT2D eigenvalue weighted by Crippen LogP contribution is 2.02. The van der Waals surface area contributed by atoms with Crippen molar-refractivity contribution >= 4 is 5.91 Å². The van der Waals surface area contributed by atoms with E-state index in [1.807, 2.05) is 0 Å². The smallest absolute Gasteiger partial charge is 0.246 e. The molecular weight excluding hydrogens is 180 g/mol. The molecule has 0 aromatic heterocycles. The number of rotatable bonds is 5. The van der Waals surface area contributed by atoms with Crippen LogP contribution < -0.4 is 10.6 Å². The standard InChI is InChI=1S/C10H20N2O2/c1-8(2)5-12-10(13)7-14-9-3-4-11-6-9/h8-9,11H,3-7H2,1-2H3,(H,12,13). The van der Waals surface area contributed by atoms with E-state index >= 15 is 0 Å². The van der Waals surface area contributed by atoms with Crippen LogP contribution in [-0.4, -0.2) is 38.3 Å². The van der Waals surface area contributed by atoms with E-state index in [1.165, 1.54) is 0 Å². The van der Waals surface area contributed by atoms with E-state index in [1.54, 1.807) is 0 Å². The van der Waals surface area contributed by atoms with Gasteiger partial charge in [0.15, 0.2) is 0 Å².